The first-order valence-corrected chi connectivity index (χ1v) is 6.79. The van der Waals surface area contributed by atoms with Crippen LogP contribution in [0.15, 0.2) is 42.7 Å². The van der Waals surface area contributed by atoms with E-state index < -0.39 is 0 Å². The van der Waals surface area contributed by atoms with Gasteiger partial charge in [0, 0.05) is 17.6 Å². The molecule has 3 rings (SSSR count). The molecule has 0 aliphatic heterocycles. The minimum atomic E-state index is 0.754. The number of fused-ring (bicyclic) bond motifs is 1. The molecule has 0 amide bonds. The van der Waals surface area contributed by atoms with Gasteiger partial charge in [0.25, 0.3) is 0 Å². The summed E-state index contributed by atoms with van der Waals surface area (Å²) in [4.78, 5) is 4.44. The molecule has 1 aromatic heterocycles. The highest BCUT2D eigenvalue weighted by Gasteiger charge is 2.07. The molecule has 0 bridgehead atoms. The zero-order valence-electron chi connectivity index (χ0n) is 11.4. The van der Waals surface area contributed by atoms with Crippen LogP contribution in [0.25, 0.3) is 11.0 Å². The molecule has 1 heterocycles. The van der Waals surface area contributed by atoms with Gasteiger partial charge in [-0.1, -0.05) is 23.7 Å². The van der Waals surface area contributed by atoms with Crippen LogP contribution in [0.5, 0.6) is 5.75 Å². The summed E-state index contributed by atoms with van der Waals surface area (Å²) in [5.41, 5.74) is 4.36. The van der Waals surface area contributed by atoms with Crippen molar-refractivity contribution in [2.24, 2.45) is 0 Å². The summed E-state index contributed by atoms with van der Waals surface area (Å²) in [5, 5.41) is 0.754. The van der Waals surface area contributed by atoms with Crippen molar-refractivity contribution in [3.05, 3.63) is 58.9 Å². The van der Waals surface area contributed by atoms with Gasteiger partial charge in [0.2, 0.25) is 0 Å². The highest BCUT2D eigenvalue weighted by atomic mass is 35.5. The Morgan fingerprint density at radius 1 is 1.20 bits per heavy atom. The molecule has 3 aromatic rings. The normalized spacial score (nSPS) is 10.9. The lowest BCUT2D eigenvalue weighted by Crippen LogP contribution is -1.98. The Balaban J connectivity index is 2.00. The Hall–Kier alpha value is -2.00. The van der Waals surface area contributed by atoms with Crippen molar-refractivity contribution < 1.29 is 4.74 Å². The van der Waals surface area contributed by atoms with Gasteiger partial charge in [0.05, 0.1) is 24.5 Å². The number of aromatic nitrogens is 2. The van der Waals surface area contributed by atoms with Gasteiger partial charge in [0.15, 0.2) is 0 Å². The fourth-order valence-corrected chi connectivity index (χ4v) is 2.45. The van der Waals surface area contributed by atoms with Gasteiger partial charge in [-0.15, -0.1) is 0 Å². The second-order valence-electron chi connectivity index (χ2n) is 4.81. The molecular weight excluding hydrogens is 272 g/mol. The van der Waals surface area contributed by atoms with Gasteiger partial charge in [-0.3, -0.25) is 0 Å². The number of rotatable bonds is 3. The number of aryl methyl sites for hydroxylation is 1. The lowest BCUT2D eigenvalue weighted by molar-refractivity contribution is 0.412. The fourth-order valence-electron chi connectivity index (χ4n) is 2.32. The number of nitrogens with zero attached hydrogens (tertiary/aromatic N) is 2. The lowest BCUT2D eigenvalue weighted by Gasteiger charge is -2.07. The Labute approximate surface area is 122 Å². The van der Waals surface area contributed by atoms with Crippen molar-refractivity contribution in [2.45, 2.75) is 13.5 Å². The second kappa shape index (κ2) is 5.17. The molecule has 0 fully saturated rings. The van der Waals surface area contributed by atoms with E-state index in [-0.39, 0.29) is 0 Å². The van der Waals surface area contributed by atoms with E-state index in [1.807, 2.05) is 43.6 Å². The number of benzene rings is 2. The van der Waals surface area contributed by atoms with Gasteiger partial charge in [0.1, 0.15) is 5.75 Å². The SMILES string of the molecule is COc1cc2ncn(Cc3ccc(Cl)cc3)c2cc1C. The topological polar surface area (TPSA) is 27.1 Å². The minimum absolute atomic E-state index is 0.754. The first-order chi connectivity index (χ1) is 9.67. The zero-order valence-corrected chi connectivity index (χ0v) is 12.2. The average molecular weight is 287 g/mol. The van der Waals surface area contributed by atoms with Crippen molar-refractivity contribution in [3.8, 4) is 5.75 Å². The van der Waals surface area contributed by atoms with E-state index in [1.54, 1.807) is 7.11 Å². The monoisotopic (exact) mass is 286 g/mol. The number of halogens is 1. The second-order valence-corrected chi connectivity index (χ2v) is 5.25. The average Bonchev–Trinajstić information content (AvgIpc) is 2.83. The van der Waals surface area contributed by atoms with Crippen LogP contribution < -0.4 is 4.74 Å². The molecule has 0 N–H and O–H groups in total. The molecule has 20 heavy (non-hydrogen) atoms. The van der Waals surface area contributed by atoms with Crippen LogP contribution in [0, 0.1) is 6.92 Å². The Morgan fingerprint density at radius 3 is 2.65 bits per heavy atom. The zero-order chi connectivity index (χ0) is 14.1. The van der Waals surface area contributed by atoms with Crippen LogP contribution in [0.2, 0.25) is 5.02 Å². The number of hydrogen-bond acceptors (Lipinski definition) is 2. The summed E-state index contributed by atoms with van der Waals surface area (Å²) in [6.45, 7) is 2.82. The summed E-state index contributed by atoms with van der Waals surface area (Å²) in [6.07, 6.45) is 1.86. The van der Waals surface area contributed by atoms with E-state index in [1.165, 1.54) is 5.56 Å². The summed E-state index contributed by atoms with van der Waals surface area (Å²) < 4.78 is 7.46. The smallest absolute Gasteiger partial charge is 0.124 e. The number of hydrogen-bond donors (Lipinski definition) is 0. The number of methoxy groups -OCH3 is 1. The van der Waals surface area contributed by atoms with Crippen LogP contribution in [0.1, 0.15) is 11.1 Å². The Kier molecular flexibility index (Phi) is 3.36. The molecule has 0 aliphatic rings. The summed E-state index contributed by atoms with van der Waals surface area (Å²) >= 11 is 5.91. The van der Waals surface area contributed by atoms with Gasteiger partial charge in [-0.25, -0.2) is 4.98 Å². The molecular formula is C16H15ClN2O. The molecule has 0 atom stereocenters. The van der Waals surface area contributed by atoms with E-state index in [2.05, 4.69) is 15.6 Å². The van der Waals surface area contributed by atoms with Gasteiger partial charge >= 0.3 is 0 Å². The molecule has 102 valence electrons. The molecule has 0 saturated carbocycles. The molecule has 4 heteroatoms. The Bertz CT molecular complexity index is 747. The van der Waals surface area contributed by atoms with Crippen molar-refractivity contribution in [3.63, 3.8) is 0 Å². The summed E-state index contributed by atoms with van der Waals surface area (Å²) in [7, 11) is 1.68. The molecule has 2 aromatic carbocycles. The van der Waals surface area contributed by atoms with Crippen LogP contribution in [-0.4, -0.2) is 16.7 Å². The standard InChI is InChI=1S/C16H15ClN2O/c1-11-7-15-14(8-16(11)20-2)18-10-19(15)9-12-3-5-13(17)6-4-12/h3-8,10H,9H2,1-2H3. The van der Waals surface area contributed by atoms with E-state index in [0.717, 1.165) is 33.9 Å². The fraction of sp³-hybridized carbons (Fsp3) is 0.188. The first kappa shape index (κ1) is 13.0. The van der Waals surface area contributed by atoms with Gasteiger partial charge in [-0.2, -0.15) is 0 Å². The van der Waals surface area contributed by atoms with Crippen LogP contribution >= 0.6 is 11.6 Å². The first-order valence-electron chi connectivity index (χ1n) is 6.41. The van der Waals surface area contributed by atoms with Crippen molar-refractivity contribution in [1.82, 2.24) is 9.55 Å². The highest BCUT2D eigenvalue weighted by molar-refractivity contribution is 6.30. The number of ether oxygens (including phenoxy) is 1. The third-order valence-electron chi connectivity index (χ3n) is 3.40. The molecule has 3 nitrogen and oxygen atoms in total. The van der Waals surface area contributed by atoms with Gasteiger partial charge < -0.3 is 9.30 Å². The largest absolute Gasteiger partial charge is 0.496 e. The van der Waals surface area contributed by atoms with Crippen molar-refractivity contribution in [2.75, 3.05) is 7.11 Å². The molecule has 0 radical (unpaired) electrons. The maximum Gasteiger partial charge on any atom is 0.124 e. The van der Waals surface area contributed by atoms with Crippen molar-refractivity contribution in [1.29, 1.82) is 0 Å². The third kappa shape index (κ3) is 2.37. The quantitative estimate of drug-likeness (QED) is 0.726. The van der Waals surface area contributed by atoms with E-state index in [0.29, 0.717) is 0 Å². The predicted molar refractivity (Wildman–Crippen MR) is 81.6 cm³/mol. The molecule has 0 spiro atoms. The van der Waals surface area contributed by atoms with Gasteiger partial charge in [-0.05, 0) is 36.2 Å². The minimum Gasteiger partial charge on any atom is -0.496 e. The Morgan fingerprint density at radius 2 is 1.95 bits per heavy atom. The maximum absolute atomic E-state index is 5.91. The summed E-state index contributed by atoms with van der Waals surface area (Å²) in [5.74, 6) is 0.870. The van der Waals surface area contributed by atoms with Crippen LogP contribution in [-0.2, 0) is 6.54 Å². The predicted octanol–water partition coefficient (Wildman–Crippen LogP) is 4.06. The molecule has 0 unspecified atom stereocenters. The highest BCUT2D eigenvalue weighted by Crippen LogP contribution is 2.25. The van der Waals surface area contributed by atoms with E-state index in [9.17, 15) is 0 Å². The number of imidazole rings is 1. The van der Waals surface area contributed by atoms with E-state index in [4.69, 9.17) is 16.3 Å². The third-order valence-corrected chi connectivity index (χ3v) is 3.66. The van der Waals surface area contributed by atoms with Crippen LogP contribution in [0.3, 0.4) is 0 Å². The van der Waals surface area contributed by atoms with Crippen LogP contribution in [0.4, 0.5) is 0 Å². The molecule has 0 saturated heterocycles. The molecule has 0 aliphatic carbocycles. The van der Waals surface area contributed by atoms with E-state index >= 15 is 0 Å². The maximum atomic E-state index is 5.91. The summed E-state index contributed by atoms with van der Waals surface area (Å²) in [6, 6.07) is 12.0. The lowest BCUT2D eigenvalue weighted by atomic mass is 10.2. The van der Waals surface area contributed by atoms with Crippen molar-refractivity contribution >= 4 is 22.6 Å².